The lowest BCUT2D eigenvalue weighted by molar-refractivity contribution is -0.162. The molecule has 10 heteroatoms. The molecule has 0 aromatic heterocycles. The molecule has 5 rings (SSSR count). The molecule has 1 spiro atoms. The minimum absolute atomic E-state index is 0.197. The van der Waals surface area contributed by atoms with Crippen LogP contribution in [0.3, 0.4) is 0 Å². The van der Waals surface area contributed by atoms with Crippen molar-refractivity contribution in [3.05, 3.63) is 90.5 Å². The van der Waals surface area contributed by atoms with E-state index < -0.39 is 59.6 Å². The number of anilines is 1. The molecular formula is C39H49N3O7. The molecule has 2 bridgehead atoms. The van der Waals surface area contributed by atoms with Crippen molar-refractivity contribution in [3.8, 4) is 0 Å². The Hall–Kier alpha value is -4.28. The minimum atomic E-state index is -1.28. The van der Waals surface area contributed by atoms with Gasteiger partial charge in [0.2, 0.25) is 11.8 Å². The van der Waals surface area contributed by atoms with Crippen molar-refractivity contribution in [1.82, 2.24) is 10.2 Å². The van der Waals surface area contributed by atoms with Gasteiger partial charge in [-0.1, -0.05) is 61.5 Å². The second-order valence-electron chi connectivity index (χ2n) is 13.5. The van der Waals surface area contributed by atoms with Gasteiger partial charge in [0.15, 0.2) is 0 Å². The predicted molar refractivity (Wildman–Crippen MR) is 186 cm³/mol. The summed E-state index contributed by atoms with van der Waals surface area (Å²) in [5, 5.41) is 13.4. The molecular weight excluding hydrogens is 622 g/mol. The molecule has 2 N–H and O–H groups in total. The molecule has 0 aliphatic carbocycles. The van der Waals surface area contributed by atoms with Crippen LogP contribution in [0.1, 0.15) is 68.7 Å². The summed E-state index contributed by atoms with van der Waals surface area (Å²) in [7, 11) is 0. The molecule has 10 nitrogen and oxygen atoms in total. The second kappa shape index (κ2) is 15.1. The molecule has 0 radical (unpaired) electrons. The lowest BCUT2D eigenvalue weighted by Gasteiger charge is -2.39. The maximum Gasteiger partial charge on any atom is 0.313 e. The fraction of sp³-hybridized carbons (Fsp3) is 0.487. The van der Waals surface area contributed by atoms with E-state index in [4.69, 9.17) is 9.47 Å². The second-order valence-corrected chi connectivity index (χ2v) is 13.5. The van der Waals surface area contributed by atoms with E-state index in [0.29, 0.717) is 36.9 Å². The van der Waals surface area contributed by atoms with E-state index in [-0.39, 0.29) is 31.4 Å². The Balaban J connectivity index is 1.51. The third-order valence-corrected chi connectivity index (χ3v) is 10.3. The Labute approximate surface area is 289 Å². The SMILES string of the molecule is C=CCCC(=O)N[C@@H](C)[C@H](OC(=O)[C@@H]1[C@@H]2CC[C@]3(O2)[C@H](C(=O)N(CC=C)c2cc(C)ccc2C)N([C@@H](CC)CO)C(=O)[C@@H]13)c1ccccc1. The first-order valence-electron chi connectivity index (χ1n) is 17.3. The van der Waals surface area contributed by atoms with Crippen LogP contribution in [-0.4, -0.2) is 76.7 Å². The van der Waals surface area contributed by atoms with Crippen LogP contribution in [0.5, 0.6) is 0 Å². The number of esters is 1. The summed E-state index contributed by atoms with van der Waals surface area (Å²) in [6.45, 7) is 14.9. The van der Waals surface area contributed by atoms with E-state index in [9.17, 15) is 24.3 Å². The number of likely N-dealkylation sites (tertiary alicyclic amines) is 1. The van der Waals surface area contributed by atoms with Crippen molar-refractivity contribution in [3.63, 3.8) is 0 Å². The average Bonchev–Trinajstić information content (AvgIpc) is 3.74. The van der Waals surface area contributed by atoms with Gasteiger partial charge < -0.3 is 29.7 Å². The zero-order chi connectivity index (χ0) is 35.5. The van der Waals surface area contributed by atoms with Gasteiger partial charge in [-0.15, -0.1) is 13.2 Å². The summed E-state index contributed by atoms with van der Waals surface area (Å²) in [5.41, 5.74) is 1.97. The minimum Gasteiger partial charge on any atom is -0.455 e. The fourth-order valence-corrected chi connectivity index (χ4v) is 7.98. The largest absolute Gasteiger partial charge is 0.455 e. The van der Waals surface area contributed by atoms with Crippen molar-refractivity contribution in [2.45, 2.75) is 95.7 Å². The van der Waals surface area contributed by atoms with Crippen LogP contribution in [0, 0.1) is 25.7 Å². The average molecular weight is 672 g/mol. The number of fused-ring (bicyclic) bond motifs is 1. The molecule has 3 amide bonds. The number of amides is 3. The maximum atomic E-state index is 14.9. The molecule has 8 atom stereocenters. The number of carbonyl (C=O) groups is 4. The Bertz CT molecular complexity index is 1570. The monoisotopic (exact) mass is 671 g/mol. The van der Waals surface area contributed by atoms with Crippen molar-refractivity contribution < 1.29 is 33.8 Å². The standard InChI is InChI=1S/C39H49N3O7/c1-7-10-16-31(44)40-26(6)34(27-14-12-11-13-15-27)48-38(47)32-30-19-20-39(49-30)33(32)36(45)42(28(9-3)23-43)35(39)37(46)41(21-8-2)29-22-24(4)17-18-25(29)5/h7-8,11-15,17-18,22,26,28,30,32-35,43H,1-2,9-10,16,19-21,23H2,3-6H3,(H,40,44)/t26-,28-,30-,32+,33+,34-,35-,39+/m0/s1. The number of nitrogens with zero attached hydrogens (tertiary/aromatic N) is 2. The van der Waals surface area contributed by atoms with Crippen LogP contribution in [-0.2, 0) is 28.7 Å². The van der Waals surface area contributed by atoms with E-state index in [1.807, 2.05) is 69.3 Å². The number of carbonyl (C=O) groups excluding carboxylic acids is 4. The molecule has 49 heavy (non-hydrogen) atoms. The van der Waals surface area contributed by atoms with Gasteiger partial charge in [0, 0.05) is 18.7 Å². The first-order chi connectivity index (χ1) is 23.5. The number of aryl methyl sites for hydroxylation is 2. The predicted octanol–water partition coefficient (Wildman–Crippen LogP) is 4.72. The summed E-state index contributed by atoms with van der Waals surface area (Å²) >= 11 is 0. The Kier molecular flexibility index (Phi) is 11.1. The zero-order valence-electron chi connectivity index (χ0n) is 29.0. The van der Waals surface area contributed by atoms with Gasteiger partial charge in [-0.25, -0.2) is 0 Å². The summed E-state index contributed by atoms with van der Waals surface area (Å²) in [4.78, 5) is 59.6. The highest BCUT2D eigenvalue weighted by atomic mass is 16.6. The van der Waals surface area contributed by atoms with Gasteiger partial charge in [0.25, 0.3) is 5.91 Å². The van der Waals surface area contributed by atoms with Crippen LogP contribution < -0.4 is 10.2 Å². The van der Waals surface area contributed by atoms with Crippen LogP contribution in [0.25, 0.3) is 0 Å². The Morgan fingerprint density at radius 3 is 2.55 bits per heavy atom. The van der Waals surface area contributed by atoms with E-state index in [0.717, 1.165) is 11.1 Å². The number of ether oxygens (including phenoxy) is 2. The van der Waals surface area contributed by atoms with Crippen LogP contribution in [0.2, 0.25) is 0 Å². The molecule has 0 unspecified atom stereocenters. The van der Waals surface area contributed by atoms with Gasteiger partial charge >= 0.3 is 5.97 Å². The van der Waals surface area contributed by atoms with E-state index in [1.165, 1.54) is 4.90 Å². The summed E-state index contributed by atoms with van der Waals surface area (Å²) in [5.74, 6) is -3.51. The highest BCUT2D eigenvalue weighted by molar-refractivity contribution is 6.05. The number of aliphatic hydroxyl groups excluding tert-OH is 1. The molecule has 262 valence electrons. The number of nitrogens with one attached hydrogen (secondary N) is 1. The van der Waals surface area contributed by atoms with Crippen molar-refractivity contribution in [1.29, 1.82) is 0 Å². The fourth-order valence-electron chi connectivity index (χ4n) is 7.98. The summed E-state index contributed by atoms with van der Waals surface area (Å²) < 4.78 is 12.9. The summed E-state index contributed by atoms with van der Waals surface area (Å²) in [6.07, 6.45) is 3.88. The van der Waals surface area contributed by atoms with Crippen molar-refractivity contribution in [2.24, 2.45) is 11.8 Å². The topological polar surface area (TPSA) is 125 Å². The third kappa shape index (κ3) is 6.68. The third-order valence-electron chi connectivity index (χ3n) is 10.3. The number of hydrogen-bond donors (Lipinski definition) is 2. The molecule has 3 saturated heterocycles. The Morgan fingerprint density at radius 2 is 1.90 bits per heavy atom. The van der Waals surface area contributed by atoms with Gasteiger partial charge in [-0.05, 0) is 69.2 Å². The van der Waals surface area contributed by atoms with E-state index in [1.54, 1.807) is 24.0 Å². The van der Waals surface area contributed by atoms with Crippen molar-refractivity contribution >= 4 is 29.4 Å². The quantitative estimate of drug-likeness (QED) is 0.207. The first-order valence-corrected chi connectivity index (χ1v) is 17.3. The van der Waals surface area contributed by atoms with Crippen molar-refractivity contribution in [2.75, 3.05) is 18.1 Å². The smallest absolute Gasteiger partial charge is 0.313 e. The lowest BCUT2D eigenvalue weighted by atomic mass is 9.70. The number of benzene rings is 2. The maximum absolute atomic E-state index is 14.9. The number of rotatable bonds is 15. The van der Waals surface area contributed by atoms with Crippen LogP contribution >= 0.6 is 0 Å². The highest BCUT2D eigenvalue weighted by Crippen LogP contribution is 2.59. The zero-order valence-corrected chi connectivity index (χ0v) is 29.0. The highest BCUT2D eigenvalue weighted by Gasteiger charge is 2.75. The molecule has 3 aliphatic rings. The van der Waals surface area contributed by atoms with Crippen LogP contribution in [0.15, 0.2) is 73.8 Å². The molecule has 2 aromatic carbocycles. The molecule has 0 saturated carbocycles. The lowest BCUT2D eigenvalue weighted by Crippen LogP contribution is -2.59. The van der Waals surface area contributed by atoms with Crippen LogP contribution in [0.4, 0.5) is 5.69 Å². The first kappa shape index (κ1) is 36.0. The van der Waals surface area contributed by atoms with Gasteiger partial charge in [0.05, 0.1) is 36.6 Å². The summed E-state index contributed by atoms with van der Waals surface area (Å²) in [6, 6.07) is 12.7. The molecule has 2 aromatic rings. The molecule has 3 fully saturated rings. The molecule has 3 aliphatic heterocycles. The van der Waals surface area contributed by atoms with Gasteiger partial charge in [-0.2, -0.15) is 0 Å². The van der Waals surface area contributed by atoms with Gasteiger partial charge in [-0.3, -0.25) is 19.2 Å². The number of aliphatic hydroxyl groups is 1. The normalized spacial score (nSPS) is 25.7. The number of allylic oxidation sites excluding steroid dienone is 1. The molecule has 3 heterocycles. The number of hydrogen-bond acceptors (Lipinski definition) is 7. The van der Waals surface area contributed by atoms with Gasteiger partial charge in [0.1, 0.15) is 17.7 Å². The van der Waals surface area contributed by atoms with E-state index in [2.05, 4.69) is 18.5 Å². The van der Waals surface area contributed by atoms with E-state index >= 15 is 0 Å². The Morgan fingerprint density at radius 1 is 1.16 bits per heavy atom.